The molecule has 0 radical (unpaired) electrons. The summed E-state index contributed by atoms with van der Waals surface area (Å²) in [7, 11) is -4.02. The number of amides is 1. The first-order chi connectivity index (χ1) is 7.87. The maximum absolute atomic E-state index is 10.9. The van der Waals surface area contributed by atoms with Crippen molar-refractivity contribution in [3.63, 3.8) is 0 Å². The molecule has 0 bridgehead atoms. The number of carbonyl (C=O) groups excluding carboxylic acids is 1. The molecule has 0 saturated heterocycles. The second-order valence-corrected chi connectivity index (χ2v) is 6.36. The van der Waals surface area contributed by atoms with E-state index in [1.165, 1.54) is 4.90 Å². The number of nitrogens with zero attached hydrogens (tertiary/aromatic N) is 1. The molecule has 0 heterocycles. The summed E-state index contributed by atoms with van der Waals surface area (Å²) < 4.78 is 10.7. The van der Waals surface area contributed by atoms with E-state index in [-0.39, 0.29) is 50.1 Å². The molecule has 0 atom stereocenters. The van der Waals surface area contributed by atoms with E-state index in [1.54, 1.807) is 0 Å². The van der Waals surface area contributed by atoms with Gasteiger partial charge in [0.1, 0.15) is 5.72 Å². The van der Waals surface area contributed by atoms with Crippen LogP contribution in [-0.4, -0.2) is 44.6 Å². The summed E-state index contributed by atoms with van der Waals surface area (Å²) in [6, 6.07) is 0. The molecule has 1 fully saturated rings. The Bertz CT molecular complexity index is 308. The van der Waals surface area contributed by atoms with Crippen LogP contribution in [0.5, 0.6) is 0 Å². The number of aliphatic hydroxyl groups is 1. The summed E-state index contributed by atoms with van der Waals surface area (Å²) in [4.78, 5) is 29.7. The Kier molecular flexibility index (Phi) is 8.26. The summed E-state index contributed by atoms with van der Waals surface area (Å²) in [5, 5.41) is 10.3. The molecule has 6 nitrogen and oxygen atoms in total. The van der Waals surface area contributed by atoms with E-state index in [0.29, 0.717) is 19.3 Å². The first kappa shape index (κ1) is 18.6. The summed E-state index contributed by atoms with van der Waals surface area (Å²) >= 11 is 0. The van der Waals surface area contributed by atoms with Crippen molar-refractivity contribution in [2.45, 2.75) is 44.2 Å². The Morgan fingerprint density at radius 2 is 1.83 bits per heavy atom. The molecule has 18 heavy (non-hydrogen) atoms. The summed E-state index contributed by atoms with van der Waals surface area (Å²) in [6.07, 6.45) is 4.41. The van der Waals surface area contributed by atoms with Gasteiger partial charge in [0, 0.05) is 6.54 Å². The van der Waals surface area contributed by atoms with Crippen LogP contribution in [0.25, 0.3) is 0 Å². The number of hydrogen-bond acceptors (Lipinski definition) is 3. The van der Waals surface area contributed by atoms with Crippen LogP contribution in [0, 0.1) is 0 Å². The molecular formula is C10H21NNaO5P. The first-order valence-electron chi connectivity index (χ1n) is 5.86. The van der Waals surface area contributed by atoms with Gasteiger partial charge in [0.05, 0.1) is 6.16 Å². The molecule has 102 valence electrons. The van der Waals surface area contributed by atoms with Gasteiger partial charge in [-0.05, 0) is 32.1 Å². The van der Waals surface area contributed by atoms with E-state index in [0.717, 1.165) is 19.3 Å². The van der Waals surface area contributed by atoms with E-state index >= 15 is 0 Å². The van der Waals surface area contributed by atoms with Gasteiger partial charge < -0.3 is 21.2 Å². The standard InChI is InChI=1S/C10H20NO5P.Na.H/c12-9-11(7-4-8-17(14,15)16)10(13)5-2-1-3-6-10;;/h9,13H,1-8H2,(H2,14,15,16);;/q;+1;-1. The van der Waals surface area contributed by atoms with Crippen LogP contribution in [0.2, 0.25) is 0 Å². The molecule has 1 rings (SSSR count). The normalized spacial score (nSPS) is 18.8. The Balaban J connectivity index is 0. The SMILES string of the molecule is O=CN(CCCP(=O)(O)O)C1(O)CCCCC1.[H-].[Na+]. The van der Waals surface area contributed by atoms with Gasteiger partial charge in [-0.3, -0.25) is 9.36 Å². The zero-order valence-corrected chi connectivity index (χ0v) is 13.7. The van der Waals surface area contributed by atoms with Gasteiger partial charge in [-0.2, -0.15) is 0 Å². The van der Waals surface area contributed by atoms with Gasteiger partial charge in [-0.1, -0.05) is 6.42 Å². The molecule has 0 spiro atoms. The van der Waals surface area contributed by atoms with Crippen molar-refractivity contribution in [3.05, 3.63) is 0 Å². The molecule has 0 aliphatic heterocycles. The van der Waals surface area contributed by atoms with E-state index < -0.39 is 13.3 Å². The topological polar surface area (TPSA) is 98.1 Å². The predicted molar refractivity (Wildman–Crippen MR) is 63.4 cm³/mol. The summed E-state index contributed by atoms with van der Waals surface area (Å²) in [5.74, 6) is 0. The molecule has 1 amide bonds. The van der Waals surface area contributed by atoms with Gasteiger partial charge in [0.15, 0.2) is 0 Å². The molecule has 0 aromatic heterocycles. The van der Waals surface area contributed by atoms with E-state index in [2.05, 4.69) is 0 Å². The molecule has 8 heteroatoms. The van der Waals surface area contributed by atoms with Crippen LogP contribution in [0.15, 0.2) is 0 Å². The molecule has 0 unspecified atom stereocenters. The minimum absolute atomic E-state index is 0. The average Bonchev–Trinajstić information content (AvgIpc) is 2.23. The van der Waals surface area contributed by atoms with Gasteiger partial charge in [-0.25, -0.2) is 0 Å². The fourth-order valence-electron chi connectivity index (χ4n) is 2.21. The van der Waals surface area contributed by atoms with Gasteiger partial charge >= 0.3 is 37.2 Å². The third-order valence-corrected chi connectivity index (χ3v) is 4.06. The Hall–Kier alpha value is 0.580. The fourth-order valence-corrected chi connectivity index (χ4v) is 2.76. The smallest absolute Gasteiger partial charge is 1.00 e. The van der Waals surface area contributed by atoms with Crippen molar-refractivity contribution in [1.82, 2.24) is 4.90 Å². The first-order valence-corrected chi connectivity index (χ1v) is 7.66. The van der Waals surface area contributed by atoms with Crippen LogP contribution < -0.4 is 29.6 Å². The third kappa shape index (κ3) is 6.15. The second-order valence-electron chi connectivity index (χ2n) is 4.58. The zero-order valence-electron chi connectivity index (χ0n) is 11.8. The number of rotatable bonds is 6. The van der Waals surface area contributed by atoms with Crippen LogP contribution in [0.1, 0.15) is 40.0 Å². The zero-order chi connectivity index (χ0) is 12.9. The number of carbonyl (C=O) groups is 1. The molecule has 0 aromatic carbocycles. The van der Waals surface area contributed by atoms with Crippen molar-refractivity contribution < 1.29 is 55.2 Å². The van der Waals surface area contributed by atoms with Crippen molar-refractivity contribution >= 4 is 14.0 Å². The van der Waals surface area contributed by atoms with Gasteiger partial charge in [0.2, 0.25) is 6.41 Å². The van der Waals surface area contributed by atoms with Crippen LogP contribution in [0.3, 0.4) is 0 Å². The summed E-state index contributed by atoms with van der Waals surface area (Å²) in [5.41, 5.74) is -1.12. The maximum atomic E-state index is 10.9. The van der Waals surface area contributed by atoms with E-state index in [9.17, 15) is 14.5 Å². The molecule has 0 aromatic rings. The van der Waals surface area contributed by atoms with E-state index in [4.69, 9.17) is 9.79 Å². The van der Waals surface area contributed by atoms with Crippen molar-refractivity contribution in [1.29, 1.82) is 0 Å². The van der Waals surface area contributed by atoms with Gasteiger partial charge in [0.25, 0.3) is 0 Å². The van der Waals surface area contributed by atoms with Gasteiger partial charge in [-0.15, -0.1) is 0 Å². The van der Waals surface area contributed by atoms with Crippen LogP contribution >= 0.6 is 7.60 Å². The quantitative estimate of drug-likeness (QED) is 0.223. The summed E-state index contributed by atoms with van der Waals surface area (Å²) in [6.45, 7) is 0.186. The molecule has 1 saturated carbocycles. The minimum atomic E-state index is -4.02. The Morgan fingerprint density at radius 3 is 2.28 bits per heavy atom. The fraction of sp³-hybridized carbons (Fsp3) is 0.900. The Morgan fingerprint density at radius 1 is 1.28 bits per heavy atom. The monoisotopic (exact) mass is 289 g/mol. The number of hydrogen-bond donors (Lipinski definition) is 3. The predicted octanol–water partition coefficient (Wildman–Crippen LogP) is -2.22. The van der Waals surface area contributed by atoms with Crippen molar-refractivity contribution in [2.75, 3.05) is 12.7 Å². The van der Waals surface area contributed by atoms with Crippen LogP contribution in [0.4, 0.5) is 0 Å². The molecule has 1 aliphatic carbocycles. The Labute approximate surface area is 131 Å². The largest absolute Gasteiger partial charge is 1.00 e. The van der Waals surface area contributed by atoms with E-state index in [1.807, 2.05) is 0 Å². The average molecular weight is 289 g/mol. The molecule has 3 N–H and O–H groups in total. The third-order valence-electron chi connectivity index (χ3n) is 3.16. The van der Waals surface area contributed by atoms with Crippen molar-refractivity contribution in [2.24, 2.45) is 0 Å². The minimum Gasteiger partial charge on any atom is -1.00 e. The second kappa shape index (κ2) is 8.00. The maximum Gasteiger partial charge on any atom is 1.00 e. The van der Waals surface area contributed by atoms with Crippen molar-refractivity contribution in [3.8, 4) is 0 Å². The van der Waals surface area contributed by atoms with Crippen LogP contribution in [-0.2, 0) is 9.36 Å². The molecular weight excluding hydrogens is 268 g/mol. The molecule has 1 aliphatic rings.